The van der Waals surface area contributed by atoms with Crippen LogP contribution in [0, 0.1) is 5.41 Å². The largest absolute Gasteiger partial charge is 0.497 e. The zero-order chi connectivity index (χ0) is 13.8. The monoisotopic (exact) mass is 250 g/mol. The van der Waals surface area contributed by atoms with Gasteiger partial charge in [-0.05, 0) is 37.5 Å². The molecule has 0 radical (unpaired) electrons. The SMILES string of the molecule is CCC(Cc1ccc(OC)cc1)(C(C)=O)C(=O)O. The van der Waals surface area contributed by atoms with E-state index in [4.69, 9.17) is 4.74 Å². The molecule has 0 saturated heterocycles. The molecule has 1 atom stereocenters. The first-order chi connectivity index (χ1) is 8.46. The fourth-order valence-electron chi connectivity index (χ4n) is 1.97. The van der Waals surface area contributed by atoms with E-state index >= 15 is 0 Å². The molecular weight excluding hydrogens is 232 g/mol. The lowest BCUT2D eigenvalue weighted by Gasteiger charge is -2.25. The van der Waals surface area contributed by atoms with Crippen molar-refractivity contribution in [2.45, 2.75) is 26.7 Å². The summed E-state index contributed by atoms with van der Waals surface area (Å²) in [5.74, 6) is -0.666. The lowest BCUT2D eigenvalue weighted by Crippen LogP contribution is -2.39. The van der Waals surface area contributed by atoms with E-state index in [1.165, 1.54) is 6.92 Å². The zero-order valence-electron chi connectivity index (χ0n) is 10.9. The number of hydrogen-bond acceptors (Lipinski definition) is 3. The van der Waals surface area contributed by atoms with Gasteiger partial charge in [0.15, 0.2) is 0 Å². The topological polar surface area (TPSA) is 63.6 Å². The Balaban J connectivity index is 3.03. The molecule has 1 rings (SSSR count). The highest BCUT2D eigenvalue weighted by molar-refractivity contribution is 6.02. The Labute approximate surface area is 107 Å². The third-order valence-corrected chi connectivity index (χ3v) is 3.35. The smallest absolute Gasteiger partial charge is 0.317 e. The van der Waals surface area contributed by atoms with E-state index in [-0.39, 0.29) is 18.6 Å². The number of carboxylic acid groups (broad SMARTS) is 1. The van der Waals surface area contributed by atoms with Crippen molar-refractivity contribution < 1.29 is 19.4 Å². The summed E-state index contributed by atoms with van der Waals surface area (Å²) in [6.45, 7) is 3.06. The van der Waals surface area contributed by atoms with E-state index < -0.39 is 11.4 Å². The average molecular weight is 250 g/mol. The number of Topliss-reactive ketones (excluding diaryl/α,β-unsaturated/α-hetero) is 1. The summed E-state index contributed by atoms with van der Waals surface area (Å²) in [5.41, 5.74) is -0.510. The Kier molecular flexibility index (Phi) is 4.48. The third-order valence-electron chi connectivity index (χ3n) is 3.35. The van der Waals surface area contributed by atoms with Gasteiger partial charge in [-0.25, -0.2) is 0 Å². The molecule has 0 spiro atoms. The van der Waals surface area contributed by atoms with Crippen LogP contribution in [0.3, 0.4) is 0 Å². The Morgan fingerprint density at radius 1 is 1.28 bits per heavy atom. The number of hydrogen-bond donors (Lipinski definition) is 1. The minimum atomic E-state index is -1.32. The second-order valence-corrected chi connectivity index (χ2v) is 4.32. The molecule has 98 valence electrons. The minimum absolute atomic E-state index is 0.207. The molecule has 1 N–H and O–H groups in total. The molecule has 0 aliphatic carbocycles. The molecule has 0 heterocycles. The van der Waals surface area contributed by atoms with E-state index in [2.05, 4.69) is 0 Å². The maximum absolute atomic E-state index is 11.7. The summed E-state index contributed by atoms with van der Waals surface area (Å²) >= 11 is 0. The highest BCUT2D eigenvalue weighted by Crippen LogP contribution is 2.29. The normalized spacial score (nSPS) is 13.7. The first kappa shape index (κ1) is 14.2. The number of carbonyl (C=O) groups excluding carboxylic acids is 1. The minimum Gasteiger partial charge on any atom is -0.497 e. The van der Waals surface area contributed by atoms with Gasteiger partial charge in [0.2, 0.25) is 0 Å². The van der Waals surface area contributed by atoms with Crippen LogP contribution >= 0.6 is 0 Å². The molecule has 1 unspecified atom stereocenters. The maximum Gasteiger partial charge on any atom is 0.317 e. The van der Waals surface area contributed by atoms with Crippen molar-refractivity contribution in [1.29, 1.82) is 0 Å². The van der Waals surface area contributed by atoms with Crippen LogP contribution in [0.4, 0.5) is 0 Å². The van der Waals surface area contributed by atoms with E-state index in [0.29, 0.717) is 5.75 Å². The Hall–Kier alpha value is -1.84. The van der Waals surface area contributed by atoms with Gasteiger partial charge >= 0.3 is 5.97 Å². The van der Waals surface area contributed by atoms with Gasteiger partial charge in [0.1, 0.15) is 16.9 Å². The molecular formula is C14H18O4. The van der Waals surface area contributed by atoms with Gasteiger partial charge in [-0.15, -0.1) is 0 Å². The van der Waals surface area contributed by atoms with Gasteiger partial charge in [-0.3, -0.25) is 9.59 Å². The predicted molar refractivity (Wildman–Crippen MR) is 67.7 cm³/mol. The van der Waals surface area contributed by atoms with Crippen molar-refractivity contribution in [3.8, 4) is 5.75 Å². The third kappa shape index (κ3) is 2.70. The lowest BCUT2D eigenvalue weighted by atomic mass is 9.76. The number of ketones is 1. The van der Waals surface area contributed by atoms with Crippen LogP contribution in [0.25, 0.3) is 0 Å². The standard InChI is InChI=1S/C14H18O4/c1-4-14(10(2)15,13(16)17)9-11-5-7-12(18-3)8-6-11/h5-8H,4,9H2,1-3H3,(H,16,17). The summed E-state index contributed by atoms with van der Waals surface area (Å²) in [7, 11) is 1.57. The second-order valence-electron chi connectivity index (χ2n) is 4.32. The van der Waals surface area contributed by atoms with E-state index in [1.54, 1.807) is 38.3 Å². The molecule has 0 aliphatic heterocycles. The van der Waals surface area contributed by atoms with Gasteiger partial charge in [-0.2, -0.15) is 0 Å². The molecule has 0 saturated carbocycles. The van der Waals surface area contributed by atoms with Crippen molar-refractivity contribution in [1.82, 2.24) is 0 Å². The van der Waals surface area contributed by atoms with Gasteiger partial charge in [-0.1, -0.05) is 19.1 Å². The zero-order valence-corrected chi connectivity index (χ0v) is 10.9. The van der Waals surface area contributed by atoms with Crippen LogP contribution in [0.2, 0.25) is 0 Å². The summed E-state index contributed by atoms with van der Waals surface area (Å²) in [6, 6.07) is 7.10. The number of benzene rings is 1. The molecule has 4 heteroatoms. The molecule has 0 amide bonds. The Morgan fingerprint density at radius 2 is 1.83 bits per heavy atom. The quantitative estimate of drug-likeness (QED) is 0.787. The van der Waals surface area contributed by atoms with Gasteiger partial charge < -0.3 is 9.84 Å². The summed E-state index contributed by atoms with van der Waals surface area (Å²) < 4.78 is 5.04. The maximum atomic E-state index is 11.7. The van der Waals surface area contributed by atoms with Crippen molar-refractivity contribution in [2.75, 3.05) is 7.11 Å². The van der Waals surface area contributed by atoms with Crippen molar-refractivity contribution in [3.05, 3.63) is 29.8 Å². The first-order valence-corrected chi connectivity index (χ1v) is 5.83. The lowest BCUT2D eigenvalue weighted by molar-refractivity contribution is -0.154. The van der Waals surface area contributed by atoms with E-state index in [9.17, 15) is 14.7 Å². The second kappa shape index (κ2) is 5.67. The Bertz CT molecular complexity index is 420. The molecule has 0 fully saturated rings. The fourth-order valence-corrected chi connectivity index (χ4v) is 1.97. The Morgan fingerprint density at radius 3 is 2.17 bits per heavy atom. The molecule has 0 bridgehead atoms. The highest BCUT2D eigenvalue weighted by atomic mass is 16.5. The number of rotatable bonds is 6. The van der Waals surface area contributed by atoms with Gasteiger partial charge in [0.05, 0.1) is 7.11 Å². The van der Waals surface area contributed by atoms with Gasteiger partial charge in [0, 0.05) is 0 Å². The molecule has 0 aliphatic rings. The summed E-state index contributed by atoms with van der Waals surface area (Å²) in [6.07, 6.45) is 0.488. The molecule has 4 nitrogen and oxygen atoms in total. The van der Waals surface area contributed by atoms with E-state index in [1.807, 2.05) is 0 Å². The van der Waals surface area contributed by atoms with Crippen LogP contribution < -0.4 is 4.74 Å². The predicted octanol–water partition coefficient (Wildman–Crippen LogP) is 2.31. The molecule has 1 aromatic rings. The molecule has 0 aromatic heterocycles. The highest BCUT2D eigenvalue weighted by Gasteiger charge is 2.41. The van der Waals surface area contributed by atoms with Crippen molar-refractivity contribution >= 4 is 11.8 Å². The van der Waals surface area contributed by atoms with Crippen molar-refractivity contribution in [2.24, 2.45) is 5.41 Å². The number of ether oxygens (including phenoxy) is 1. The van der Waals surface area contributed by atoms with Crippen LogP contribution in [-0.4, -0.2) is 24.0 Å². The van der Waals surface area contributed by atoms with Crippen molar-refractivity contribution in [3.63, 3.8) is 0 Å². The van der Waals surface area contributed by atoms with Gasteiger partial charge in [0.25, 0.3) is 0 Å². The molecule has 18 heavy (non-hydrogen) atoms. The average Bonchev–Trinajstić information content (AvgIpc) is 2.36. The number of methoxy groups -OCH3 is 1. The van der Waals surface area contributed by atoms with Crippen LogP contribution in [0.5, 0.6) is 5.75 Å². The number of carboxylic acids is 1. The summed E-state index contributed by atoms with van der Waals surface area (Å²) in [5, 5.41) is 9.31. The van der Waals surface area contributed by atoms with E-state index in [0.717, 1.165) is 5.56 Å². The van der Waals surface area contributed by atoms with Crippen LogP contribution in [0.15, 0.2) is 24.3 Å². The van der Waals surface area contributed by atoms with Crippen LogP contribution in [-0.2, 0) is 16.0 Å². The number of aliphatic carboxylic acids is 1. The summed E-state index contributed by atoms with van der Waals surface area (Å²) in [4.78, 5) is 23.0. The molecule has 1 aromatic carbocycles. The fraction of sp³-hybridized carbons (Fsp3) is 0.429. The first-order valence-electron chi connectivity index (χ1n) is 5.83. The van der Waals surface area contributed by atoms with Crippen LogP contribution in [0.1, 0.15) is 25.8 Å². The number of carbonyl (C=O) groups is 2.